The molecule has 18 heavy (non-hydrogen) atoms. The smallest absolute Gasteiger partial charge is 0.404 e. The first-order chi connectivity index (χ1) is 8.31. The van der Waals surface area contributed by atoms with Gasteiger partial charge in [0.15, 0.2) is 0 Å². The van der Waals surface area contributed by atoms with Crippen LogP contribution in [0.25, 0.3) is 0 Å². The quantitative estimate of drug-likeness (QED) is 0.773. The Morgan fingerprint density at radius 2 is 2.11 bits per heavy atom. The molecule has 0 amide bonds. The zero-order chi connectivity index (χ0) is 13.9. The Bertz CT molecular complexity index is 297. The van der Waals surface area contributed by atoms with Gasteiger partial charge in [-0.25, -0.2) is 0 Å². The number of ether oxygens (including phenoxy) is 1. The second-order valence-electron chi connectivity index (χ2n) is 4.70. The van der Waals surface area contributed by atoms with Gasteiger partial charge in [0.25, 0.3) is 0 Å². The normalized spacial score (nSPS) is 27.2. The van der Waals surface area contributed by atoms with Gasteiger partial charge in [0.2, 0.25) is 0 Å². The summed E-state index contributed by atoms with van der Waals surface area (Å²) in [4.78, 5) is 12.7. The van der Waals surface area contributed by atoms with Gasteiger partial charge < -0.3 is 10.5 Å². The van der Waals surface area contributed by atoms with E-state index in [4.69, 9.17) is 5.73 Å². The molecule has 1 rings (SSSR count). The number of carbonyl (C=O) groups excluding carboxylic acids is 1. The van der Waals surface area contributed by atoms with Crippen LogP contribution in [0.15, 0.2) is 0 Å². The van der Waals surface area contributed by atoms with Gasteiger partial charge in [-0.1, -0.05) is 6.92 Å². The van der Waals surface area contributed by atoms with Crippen molar-refractivity contribution in [1.29, 1.82) is 0 Å². The first kappa shape index (κ1) is 15.2. The number of hydrogen-bond acceptors (Lipinski definition) is 4. The fraction of sp³-hybridized carbons (Fsp3) is 0.909. The van der Waals surface area contributed by atoms with E-state index in [1.54, 1.807) is 6.92 Å². The van der Waals surface area contributed by atoms with Gasteiger partial charge in [0.05, 0.1) is 13.0 Å². The second-order valence-corrected chi connectivity index (χ2v) is 4.70. The number of alkyl halides is 3. The summed E-state index contributed by atoms with van der Waals surface area (Å²) in [5, 5.41) is 0. The average molecular weight is 268 g/mol. The van der Waals surface area contributed by atoms with Crippen molar-refractivity contribution in [2.45, 2.75) is 25.6 Å². The standard InChI is InChI=1S/C11H19F3N2O2/c1-7-5-16(6-8(7)10(17)18-2)9(3-4-15)11(12,13)14/h7-9H,3-6,15H2,1-2H3. The van der Waals surface area contributed by atoms with Crippen molar-refractivity contribution >= 4 is 5.97 Å². The third kappa shape index (κ3) is 3.35. The Labute approximate surface area is 104 Å². The highest BCUT2D eigenvalue weighted by molar-refractivity contribution is 5.73. The lowest BCUT2D eigenvalue weighted by molar-refractivity contribution is -0.183. The average Bonchev–Trinajstić information content (AvgIpc) is 2.65. The molecular weight excluding hydrogens is 249 g/mol. The molecule has 3 atom stereocenters. The Morgan fingerprint density at radius 3 is 2.56 bits per heavy atom. The van der Waals surface area contributed by atoms with Crippen LogP contribution in [0.5, 0.6) is 0 Å². The van der Waals surface area contributed by atoms with Crippen LogP contribution in [0.1, 0.15) is 13.3 Å². The van der Waals surface area contributed by atoms with Gasteiger partial charge in [-0.15, -0.1) is 0 Å². The maximum Gasteiger partial charge on any atom is 0.404 e. The number of methoxy groups -OCH3 is 1. The highest BCUT2D eigenvalue weighted by Crippen LogP contribution is 2.33. The van der Waals surface area contributed by atoms with Crippen molar-refractivity contribution in [3.63, 3.8) is 0 Å². The number of nitrogens with two attached hydrogens (primary N) is 1. The molecule has 0 bridgehead atoms. The summed E-state index contributed by atoms with van der Waals surface area (Å²) in [5.41, 5.74) is 5.23. The number of hydrogen-bond donors (Lipinski definition) is 1. The molecule has 1 saturated heterocycles. The maximum atomic E-state index is 12.9. The van der Waals surface area contributed by atoms with Gasteiger partial charge >= 0.3 is 12.1 Å². The first-order valence-electron chi connectivity index (χ1n) is 5.90. The highest BCUT2D eigenvalue weighted by Gasteiger charge is 2.48. The number of halogens is 3. The van der Waals surface area contributed by atoms with E-state index in [9.17, 15) is 18.0 Å². The van der Waals surface area contributed by atoms with Gasteiger partial charge in [-0.3, -0.25) is 9.69 Å². The second kappa shape index (κ2) is 5.88. The minimum absolute atomic E-state index is 0.0298. The molecule has 0 aromatic carbocycles. The molecule has 1 fully saturated rings. The molecule has 1 aliphatic rings. The van der Waals surface area contributed by atoms with E-state index in [1.165, 1.54) is 12.0 Å². The molecule has 0 spiro atoms. The van der Waals surface area contributed by atoms with E-state index in [0.29, 0.717) is 0 Å². The van der Waals surface area contributed by atoms with Crippen molar-refractivity contribution in [2.24, 2.45) is 17.6 Å². The summed E-state index contributed by atoms with van der Waals surface area (Å²) in [6, 6.07) is -1.57. The van der Waals surface area contributed by atoms with Crippen LogP contribution in [0.3, 0.4) is 0 Å². The van der Waals surface area contributed by atoms with Gasteiger partial charge in [0.1, 0.15) is 6.04 Å². The molecule has 0 radical (unpaired) electrons. The van der Waals surface area contributed by atoms with Crippen molar-refractivity contribution in [3.05, 3.63) is 0 Å². The summed E-state index contributed by atoms with van der Waals surface area (Å²) in [6.45, 7) is 2.05. The van der Waals surface area contributed by atoms with Crippen LogP contribution in [-0.2, 0) is 9.53 Å². The molecule has 1 heterocycles. The molecule has 0 aromatic rings. The Morgan fingerprint density at radius 1 is 1.50 bits per heavy atom. The molecule has 7 heteroatoms. The number of carbonyl (C=O) groups is 1. The summed E-state index contributed by atoms with van der Waals surface area (Å²) in [7, 11) is 1.25. The maximum absolute atomic E-state index is 12.9. The van der Waals surface area contributed by atoms with E-state index < -0.39 is 24.1 Å². The van der Waals surface area contributed by atoms with Gasteiger partial charge in [0, 0.05) is 13.1 Å². The Balaban J connectivity index is 2.75. The lowest BCUT2D eigenvalue weighted by Crippen LogP contribution is -2.46. The van der Waals surface area contributed by atoms with E-state index in [2.05, 4.69) is 4.74 Å². The lowest BCUT2D eigenvalue weighted by atomic mass is 9.99. The predicted molar refractivity (Wildman–Crippen MR) is 59.8 cm³/mol. The van der Waals surface area contributed by atoms with Crippen molar-refractivity contribution in [1.82, 2.24) is 4.90 Å². The highest BCUT2D eigenvalue weighted by atomic mass is 19.4. The van der Waals surface area contributed by atoms with Gasteiger partial charge in [-0.05, 0) is 18.9 Å². The Kier molecular flexibility index (Phi) is 4.98. The molecule has 3 unspecified atom stereocenters. The van der Waals surface area contributed by atoms with Crippen LogP contribution >= 0.6 is 0 Å². The summed E-state index contributed by atoms with van der Waals surface area (Å²) >= 11 is 0. The summed E-state index contributed by atoms with van der Waals surface area (Å²) in [6.07, 6.45) is -4.46. The number of rotatable bonds is 4. The van der Waals surface area contributed by atoms with Crippen molar-refractivity contribution in [2.75, 3.05) is 26.7 Å². The topological polar surface area (TPSA) is 55.6 Å². The summed E-state index contributed by atoms with van der Waals surface area (Å²) in [5.74, 6) is -1.07. The van der Waals surface area contributed by atoms with Crippen LogP contribution in [0.2, 0.25) is 0 Å². The van der Waals surface area contributed by atoms with Crippen LogP contribution < -0.4 is 5.73 Å². The minimum atomic E-state index is -4.32. The number of esters is 1. The summed E-state index contributed by atoms with van der Waals surface area (Å²) < 4.78 is 43.3. The van der Waals surface area contributed by atoms with Crippen LogP contribution in [0.4, 0.5) is 13.2 Å². The van der Waals surface area contributed by atoms with E-state index in [0.717, 1.165) is 0 Å². The molecule has 0 saturated carbocycles. The number of likely N-dealkylation sites (tertiary alicyclic amines) is 1. The van der Waals surface area contributed by atoms with E-state index >= 15 is 0 Å². The molecule has 0 aliphatic carbocycles. The molecule has 0 aromatic heterocycles. The monoisotopic (exact) mass is 268 g/mol. The van der Waals surface area contributed by atoms with Crippen LogP contribution in [0, 0.1) is 11.8 Å². The molecule has 4 nitrogen and oxygen atoms in total. The Hall–Kier alpha value is -0.820. The zero-order valence-electron chi connectivity index (χ0n) is 10.5. The molecule has 1 aliphatic heterocycles. The fourth-order valence-electron chi connectivity index (χ4n) is 2.43. The molecule has 106 valence electrons. The first-order valence-corrected chi connectivity index (χ1v) is 5.90. The van der Waals surface area contributed by atoms with Crippen molar-refractivity contribution in [3.8, 4) is 0 Å². The molecular formula is C11H19F3N2O2. The molecule has 2 N–H and O–H groups in total. The SMILES string of the molecule is COC(=O)C1CN(C(CCN)C(F)(F)F)CC1C. The minimum Gasteiger partial charge on any atom is -0.469 e. The fourth-order valence-corrected chi connectivity index (χ4v) is 2.43. The van der Waals surface area contributed by atoms with E-state index in [-0.39, 0.29) is 32.0 Å². The predicted octanol–water partition coefficient (Wildman–Crippen LogP) is 1.01. The van der Waals surface area contributed by atoms with Crippen LogP contribution in [-0.4, -0.2) is 49.8 Å². The van der Waals surface area contributed by atoms with Gasteiger partial charge in [-0.2, -0.15) is 13.2 Å². The third-order valence-electron chi connectivity index (χ3n) is 3.40. The largest absolute Gasteiger partial charge is 0.469 e. The zero-order valence-corrected chi connectivity index (χ0v) is 10.5. The van der Waals surface area contributed by atoms with E-state index in [1.807, 2.05) is 0 Å². The third-order valence-corrected chi connectivity index (χ3v) is 3.40. The lowest BCUT2D eigenvalue weighted by Gasteiger charge is -2.29. The van der Waals surface area contributed by atoms with Crippen molar-refractivity contribution < 1.29 is 22.7 Å². The number of nitrogens with zero attached hydrogens (tertiary/aromatic N) is 1.